The highest BCUT2D eigenvalue weighted by Crippen LogP contribution is 2.22. The third kappa shape index (κ3) is 1.98. The Morgan fingerprint density at radius 2 is 2.06 bits per heavy atom. The SMILES string of the molecule is CNC(=O)c1ccc2c(=O)n(C)cc(Br)c2c1. The summed E-state index contributed by atoms with van der Waals surface area (Å²) in [6.07, 6.45) is 1.69. The highest BCUT2D eigenvalue weighted by atomic mass is 79.9. The number of rotatable bonds is 1. The Morgan fingerprint density at radius 3 is 2.71 bits per heavy atom. The number of pyridine rings is 1. The largest absolute Gasteiger partial charge is 0.355 e. The van der Waals surface area contributed by atoms with E-state index in [0.29, 0.717) is 10.9 Å². The molecule has 1 N–H and O–H groups in total. The fraction of sp³-hybridized carbons (Fsp3) is 0.167. The molecule has 88 valence electrons. The second-order valence-corrected chi connectivity index (χ2v) is 4.59. The summed E-state index contributed by atoms with van der Waals surface area (Å²) in [6, 6.07) is 5.03. The number of hydrogen-bond donors (Lipinski definition) is 1. The molecule has 0 aliphatic heterocycles. The maximum Gasteiger partial charge on any atom is 0.258 e. The highest BCUT2D eigenvalue weighted by Gasteiger charge is 2.09. The molecule has 0 radical (unpaired) electrons. The van der Waals surface area contributed by atoms with E-state index in [2.05, 4.69) is 21.2 Å². The lowest BCUT2D eigenvalue weighted by atomic mass is 10.1. The Bertz CT molecular complexity index is 661. The number of hydrogen-bond acceptors (Lipinski definition) is 2. The fourth-order valence-electron chi connectivity index (χ4n) is 1.70. The van der Waals surface area contributed by atoms with Gasteiger partial charge in [-0.25, -0.2) is 0 Å². The van der Waals surface area contributed by atoms with E-state index in [1.807, 2.05) is 0 Å². The van der Waals surface area contributed by atoms with Crippen LogP contribution in [-0.2, 0) is 7.05 Å². The van der Waals surface area contributed by atoms with Gasteiger partial charge in [0.15, 0.2) is 0 Å². The minimum atomic E-state index is -0.167. The van der Waals surface area contributed by atoms with Crippen molar-refractivity contribution in [3.05, 3.63) is 44.8 Å². The number of carbonyl (C=O) groups excluding carboxylic acids is 1. The molecule has 1 aromatic heterocycles. The Morgan fingerprint density at radius 1 is 1.35 bits per heavy atom. The molecule has 1 heterocycles. The van der Waals surface area contributed by atoms with Crippen LogP contribution in [0.5, 0.6) is 0 Å². The molecule has 0 spiro atoms. The van der Waals surface area contributed by atoms with E-state index in [-0.39, 0.29) is 11.5 Å². The van der Waals surface area contributed by atoms with E-state index in [4.69, 9.17) is 0 Å². The van der Waals surface area contributed by atoms with Gasteiger partial charge < -0.3 is 9.88 Å². The van der Waals surface area contributed by atoms with E-state index in [9.17, 15) is 9.59 Å². The molecule has 0 aliphatic carbocycles. The van der Waals surface area contributed by atoms with Gasteiger partial charge in [0, 0.05) is 41.1 Å². The van der Waals surface area contributed by atoms with Crippen molar-refractivity contribution in [2.45, 2.75) is 0 Å². The number of aryl methyl sites for hydroxylation is 1. The predicted octanol–water partition coefficient (Wildman–Crippen LogP) is 1.66. The lowest BCUT2D eigenvalue weighted by molar-refractivity contribution is 0.0963. The third-order valence-corrected chi connectivity index (χ3v) is 3.26. The monoisotopic (exact) mass is 294 g/mol. The summed E-state index contributed by atoms with van der Waals surface area (Å²) in [5.41, 5.74) is 0.459. The van der Waals surface area contributed by atoms with Crippen LogP contribution in [0.15, 0.2) is 33.7 Å². The minimum Gasteiger partial charge on any atom is -0.355 e. The third-order valence-electron chi connectivity index (χ3n) is 2.62. The first-order valence-corrected chi connectivity index (χ1v) is 5.85. The first-order chi connectivity index (χ1) is 8.04. The van der Waals surface area contributed by atoms with Crippen LogP contribution in [0, 0.1) is 0 Å². The molecule has 17 heavy (non-hydrogen) atoms. The Labute approximate surface area is 106 Å². The van der Waals surface area contributed by atoms with Crippen molar-refractivity contribution in [3.8, 4) is 0 Å². The molecule has 0 saturated heterocycles. The minimum absolute atomic E-state index is 0.0772. The van der Waals surface area contributed by atoms with E-state index < -0.39 is 0 Å². The van der Waals surface area contributed by atoms with Gasteiger partial charge in [-0.3, -0.25) is 9.59 Å². The average Bonchev–Trinajstić information content (AvgIpc) is 2.34. The number of aromatic nitrogens is 1. The molecule has 2 aromatic rings. The molecule has 0 aliphatic rings. The number of nitrogens with one attached hydrogen (secondary N) is 1. The van der Waals surface area contributed by atoms with E-state index >= 15 is 0 Å². The van der Waals surface area contributed by atoms with E-state index in [1.54, 1.807) is 38.5 Å². The first kappa shape index (κ1) is 11.9. The number of halogens is 1. The summed E-state index contributed by atoms with van der Waals surface area (Å²) < 4.78 is 2.30. The summed E-state index contributed by atoms with van der Waals surface area (Å²) in [6.45, 7) is 0. The van der Waals surface area contributed by atoms with Crippen LogP contribution >= 0.6 is 15.9 Å². The topological polar surface area (TPSA) is 51.1 Å². The van der Waals surface area contributed by atoms with Gasteiger partial charge in [-0.05, 0) is 34.1 Å². The molecule has 0 fully saturated rings. The quantitative estimate of drug-likeness (QED) is 0.870. The van der Waals surface area contributed by atoms with Gasteiger partial charge in [-0.2, -0.15) is 0 Å². The number of carbonyl (C=O) groups is 1. The normalized spacial score (nSPS) is 10.5. The van der Waals surface area contributed by atoms with Crippen LogP contribution in [0.2, 0.25) is 0 Å². The molecule has 4 nitrogen and oxygen atoms in total. The molecule has 0 unspecified atom stereocenters. The predicted molar refractivity (Wildman–Crippen MR) is 70.3 cm³/mol. The van der Waals surface area contributed by atoms with Crippen molar-refractivity contribution in [2.24, 2.45) is 7.05 Å². The summed E-state index contributed by atoms with van der Waals surface area (Å²) in [7, 11) is 3.27. The van der Waals surface area contributed by atoms with E-state index in [1.165, 1.54) is 4.57 Å². The maximum atomic E-state index is 11.9. The molecule has 1 amide bonds. The molecular formula is C12H11BrN2O2. The molecule has 0 bridgehead atoms. The highest BCUT2D eigenvalue weighted by molar-refractivity contribution is 9.10. The Hall–Kier alpha value is -1.62. The molecule has 1 aromatic carbocycles. The number of nitrogens with zero attached hydrogens (tertiary/aromatic N) is 1. The average molecular weight is 295 g/mol. The van der Waals surface area contributed by atoms with Gasteiger partial charge in [0.2, 0.25) is 0 Å². The van der Waals surface area contributed by atoms with Crippen LogP contribution < -0.4 is 10.9 Å². The van der Waals surface area contributed by atoms with Crippen molar-refractivity contribution in [2.75, 3.05) is 7.05 Å². The van der Waals surface area contributed by atoms with Gasteiger partial charge in [0.25, 0.3) is 11.5 Å². The summed E-state index contributed by atoms with van der Waals surface area (Å²) >= 11 is 3.40. The van der Waals surface area contributed by atoms with E-state index in [0.717, 1.165) is 9.86 Å². The van der Waals surface area contributed by atoms with Gasteiger partial charge in [0.05, 0.1) is 0 Å². The zero-order valence-electron chi connectivity index (χ0n) is 9.45. The number of fused-ring (bicyclic) bond motifs is 1. The van der Waals surface area contributed by atoms with Crippen LogP contribution in [0.3, 0.4) is 0 Å². The Balaban J connectivity index is 2.79. The van der Waals surface area contributed by atoms with Crippen molar-refractivity contribution in [3.63, 3.8) is 0 Å². The fourth-order valence-corrected chi connectivity index (χ4v) is 2.34. The maximum absolute atomic E-state index is 11.9. The lowest BCUT2D eigenvalue weighted by Gasteiger charge is -2.06. The summed E-state index contributed by atoms with van der Waals surface area (Å²) in [5, 5.41) is 3.89. The van der Waals surface area contributed by atoms with Crippen LogP contribution in [-0.4, -0.2) is 17.5 Å². The smallest absolute Gasteiger partial charge is 0.258 e. The van der Waals surface area contributed by atoms with Crippen molar-refractivity contribution >= 4 is 32.6 Å². The molecule has 2 rings (SSSR count). The first-order valence-electron chi connectivity index (χ1n) is 5.05. The summed E-state index contributed by atoms with van der Waals surface area (Å²) in [4.78, 5) is 23.4. The van der Waals surface area contributed by atoms with Gasteiger partial charge in [-0.15, -0.1) is 0 Å². The Kier molecular flexibility index (Phi) is 3.02. The van der Waals surface area contributed by atoms with Gasteiger partial charge in [-0.1, -0.05) is 0 Å². The molecular weight excluding hydrogens is 284 g/mol. The van der Waals surface area contributed by atoms with Crippen LogP contribution in [0.4, 0.5) is 0 Å². The number of amides is 1. The summed E-state index contributed by atoms with van der Waals surface area (Å²) in [5.74, 6) is -0.167. The lowest BCUT2D eigenvalue weighted by Crippen LogP contribution is -2.19. The van der Waals surface area contributed by atoms with Crippen molar-refractivity contribution in [1.29, 1.82) is 0 Å². The second kappa shape index (κ2) is 4.33. The zero-order chi connectivity index (χ0) is 12.6. The molecule has 0 atom stereocenters. The zero-order valence-corrected chi connectivity index (χ0v) is 11.0. The van der Waals surface area contributed by atoms with Crippen molar-refractivity contribution < 1.29 is 4.79 Å². The van der Waals surface area contributed by atoms with Crippen molar-refractivity contribution in [1.82, 2.24) is 9.88 Å². The number of benzene rings is 1. The molecule has 5 heteroatoms. The van der Waals surface area contributed by atoms with Gasteiger partial charge in [0.1, 0.15) is 0 Å². The van der Waals surface area contributed by atoms with Gasteiger partial charge >= 0.3 is 0 Å². The standard InChI is InChI=1S/C12H11BrN2O2/c1-14-11(16)7-3-4-8-9(5-7)10(13)6-15(2)12(8)17/h3-6H,1-2H3,(H,14,16). The second-order valence-electron chi connectivity index (χ2n) is 3.73. The van der Waals surface area contributed by atoms with Crippen LogP contribution in [0.1, 0.15) is 10.4 Å². The molecule has 0 saturated carbocycles. The van der Waals surface area contributed by atoms with Crippen LogP contribution in [0.25, 0.3) is 10.8 Å².